The number of piperidine rings is 1. The van der Waals surface area contributed by atoms with Gasteiger partial charge in [0, 0.05) is 32.4 Å². The fraction of sp³-hybridized carbons (Fsp3) is 0.556. The average Bonchev–Trinajstić information content (AvgIpc) is 3.27. The minimum absolute atomic E-state index is 0.299. The quantitative estimate of drug-likeness (QED) is 0.644. The highest BCUT2D eigenvalue weighted by molar-refractivity contribution is 6.13. The maximum atomic E-state index is 11.8. The van der Waals surface area contributed by atoms with Gasteiger partial charge in [-0.1, -0.05) is 0 Å². The third-order valence-corrected chi connectivity index (χ3v) is 5.47. The summed E-state index contributed by atoms with van der Waals surface area (Å²) in [5.41, 5.74) is 0.927. The molecule has 4 rings (SSSR count). The van der Waals surface area contributed by atoms with Crippen molar-refractivity contribution in [1.29, 1.82) is 0 Å². The van der Waals surface area contributed by atoms with Gasteiger partial charge in [-0.05, 0) is 50.9 Å². The fourth-order valence-corrected chi connectivity index (χ4v) is 3.94. The van der Waals surface area contributed by atoms with Crippen molar-refractivity contribution in [3.05, 3.63) is 23.7 Å². The maximum absolute atomic E-state index is 11.8. The SMILES string of the molecule is CN1C(=O)NC(=O)/C1=C\c1ccnc(N2CCC(N3CCCC3)CC2)n1. The van der Waals surface area contributed by atoms with Crippen LogP contribution in [0.5, 0.6) is 0 Å². The van der Waals surface area contributed by atoms with E-state index in [4.69, 9.17) is 0 Å². The number of carbonyl (C=O) groups is 2. The third kappa shape index (κ3) is 3.29. The van der Waals surface area contributed by atoms with Crippen molar-refractivity contribution in [2.75, 3.05) is 38.1 Å². The number of nitrogens with zero attached hydrogens (tertiary/aromatic N) is 5. The van der Waals surface area contributed by atoms with Gasteiger partial charge in [0.1, 0.15) is 5.70 Å². The predicted molar refractivity (Wildman–Crippen MR) is 97.4 cm³/mol. The van der Waals surface area contributed by atoms with Gasteiger partial charge >= 0.3 is 6.03 Å². The molecule has 3 aliphatic heterocycles. The molecule has 3 fully saturated rings. The Morgan fingerprint density at radius 3 is 2.54 bits per heavy atom. The number of rotatable bonds is 3. The number of carbonyl (C=O) groups excluding carboxylic acids is 2. The van der Waals surface area contributed by atoms with Crippen LogP contribution in [0.3, 0.4) is 0 Å². The van der Waals surface area contributed by atoms with Crippen LogP contribution in [0.2, 0.25) is 0 Å². The van der Waals surface area contributed by atoms with E-state index in [1.54, 1.807) is 25.4 Å². The first kappa shape index (κ1) is 17.0. The summed E-state index contributed by atoms with van der Waals surface area (Å²) in [6.07, 6.45) is 8.25. The molecule has 0 bridgehead atoms. The molecule has 0 aromatic carbocycles. The Balaban J connectivity index is 1.45. The van der Waals surface area contributed by atoms with Gasteiger partial charge in [0.05, 0.1) is 5.69 Å². The van der Waals surface area contributed by atoms with E-state index in [-0.39, 0.29) is 0 Å². The number of hydrogen-bond acceptors (Lipinski definition) is 6. The summed E-state index contributed by atoms with van der Waals surface area (Å²) in [6.45, 7) is 4.36. The van der Waals surface area contributed by atoms with E-state index in [9.17, 15) is 9.59 Å². The van der Waals surface area contributed by atoms with Gasteiger partial charge in [-0.3, -0.25) is 15.0 Å². The summed E-state index contributed by atoms with van der Waals surface area (Å²) >= 11 is 0. The zero-order valence-corrected chi connectivity index (χ0v) is 15.0. The van der Waals surface area contributed by atoms with E-state index in [0.29, 0.717) is 23.4 Å². The number of urea groups is 1. The largest absolute Gasteiger partial charge is 0.341 e. The lowest BCUT2D eigenvalue weighted by molar-refractivity contribution is -0.115. The number of aromatic nitrogens is 2. The number of hydrogen-bond donors (Lipinski definition) is 1. The minimum Gasteiger partial charge on any atom is -0.341 e. The molecular formula is C18H24N6O2. The van der Waals surface area contributed by atoms with Gasteiger partial charge in [0.2, 0.25) is 5.95 Å². The van der Waals surface area contributed by atoms with E-state index >= 15 is 0 Å². The van der Waals surface area contributed by atoms with Gasteiger partial charge in [0.25, 0.3) is 5.91 Å². The van der Waals surface area contributed by atoms with Crippen molar-refractivity contribution in [1.82, 2.24) is 25.1 Å². The minimum atomic E-state index is -0.417. The van der Waals surface area contributed by atoms with Crippen molar-refractivity contribution in [2.24, 2.45) is 0 Å². The smallest absolute Gasteiger partial charge is 0.328 e. The van der Waals surface area contributed by atoms with Crippen LogP contribution in [0.15, 0.2) is 18.0 Å². The van der Waals surface area contributed by atoms with E-state index in [0.717, 1.165) is 25.9 Å². The molecule has 4 heterocycles. The molecular weight excluding hydrogens is 332 g/mol. The molecule has 0 unspecified atom stereocenters. The number of likely N-dealkylation sites (N-methyl/N-ethyl adjacent to an activating group) is 1. The Morgan fingerprint density at radius 2 is 1.88 bits per heavy atom. The number of amides is 3. The van der Waals surface area contributed by atoms with E-state index < -0.39 is 11.9 Å². The normalized spacial score (nSPS) is 24.0. The zero-order chi connectivity index (χ0) is 18.1. The Kier molecular flexibility index (Phi) is 4.58. The van der Waals surface area contributed by atoms with Crippen LogP contribution < -0.4 is 10.2 Å². The van der Waals surface area contributed by atoms with Crippen LogP contribution >= 0.6 is 0 Å². The highest BCUT2D eigenvalue weighted by Crippen LogP contribution is 2.23. The number of likely N-dealkylation sites (tertiary alicyclic amines) is 1. The number of nitrogens with one attached hydrogen (secondary N) is 1. The van der Waals surface area contributed by atoms with Gasteiger partial charge in [-0.25, -0.2) is 14.8 Å². The van der Waals surface area contributed by atoms with Gasteiger partial charge < -0.3 is 9.80 Å². The van der Waals surface area contributed by atoms with Gasteiger partial charge in [0.15, 0.2) is 0 Å². The average molecular weight is 356 g/mol. The standard InChI is InChI=1S/C18H24N6O2/c1-22-15(16(25)21-18(22)26)12-13-4-7-19-17(20-13)24-10-5-14(6-11-24)23-8-2-3-9-23/h4,7,12,14H,2-3,5-6,8-11H2,1H3,(H,21,25,26)/b15-12+. The first-order valence-corrected chi connectivity index (χ1v) is 9.24. The molecule has 1 N–H and O–H groups in total. The van der Waals surface area contributed by atoms with Crippen LogP contribution in [0, 0.1) is 0 Å². The molecule has 3 aliphatic rings. The van der Waals surface area contributed by atoms with Crippen LogP contribution in [-0.2, 0) is 4.79 Å². The van der Waals surface area contributed by atoms with Crippen LogP contribution in [0.1, 0.15) is 31.4 Å². The monoisotopic (exact) mass is 356 g/mol. The van der Waals surface area contributed by atoms with E-state index in [2.05, 4.69) is 25.1 Å². The topological polar surface area (TPSA) is 81.7 Å². The molecule has 0 saturated carbocycles. The van der Waals surface area contributed by atoms with Gasteiger partial charge in [-0.2, -0.15) is 0 Å². The van der Waals surface area contributed by atoms with Crippen molar-refractivity contribution < 1.29 is 9.59 Å². The lowest BCUT2D eigenvalue weighted by Gasteiger charge is -2.36. The molecule has 8 nitrogen and oxygen atoms in total. The molecule has 0 spiro atoms. The molecule has 1 aromatic heterocycles. The summed E-state index contributed by atoms with van der Waals surface area (Å²) in [6, 6.07) is 2.01. The summed E-state index contributed by atoms with van der Waals surface area (Å²) in [4.78, 5) is 38.5. The Morgan fingerprint density at radius 1 is 1.15 bits per heavy atom. The van der Waals surface area contributed by atoms with Crippen molar-refractivity contribution in [3.8, 4) is 0 Å². The van der Waals surface area contributed by atoms with Crippen LogP contribution in [-0.4, -0.2) is 71.0 Å². The van der Waals surface area contributed by atoms with Crippen LogP contribution in [0.25, 0.3) is 6.08 Å². The molecule has 138 valence electrons. The van der Waals surface area contributed by atoms with Crippen molar-refractivity contribution in [2.45, 2.75) is 31.7 Å². The molecule has 3 saturated heterocycles. The summed E-state index contributed by atoms with van der Waals surface area (Å²) < 4.78 is 0. The third-order valence-electron chi connectivity index (χ3n) is 5.47. The Bertz CT molecular complexity index is 735. The maximum Gasteiger partial charge on any atom is 0.328 e. The first-order chi connectivity index (χ1) is 12.6. The second-order valence-corrected chi connectivity index (χ2v) is 7.09. The summed E-state index contributed by atoms with van der Waals surface area (Å²) in [5.74, 6) is 0.288. The second kappa shape index (κ2) is 7.03. The number of anilines is 1. The fourth-order valence-electron chi connectivity index (χ4n) is 3.94. The summed E-state index contributed by atoms with van der Waals surface area (Å²) in [5, 5.41) is 2.27. The molecule has 3 amide bonds. The summed E-state index contributed by atoms with van der Waals surface area (Å²) in [7, 11) is 1.57. The molecule has 1 aromatic rings. The molecule has 0 radical (unpaired) electrons. The predicted octanol–water partition coefficient (Wildman–Crippen LogP) is 1.06. The van der Waals surface area contributed by atoms with E-state index in [1.807, 2.05) is 0 Å². The highest BCUT2D eigenvalue weighted by atomic mass is 16.2. The molecule has 26 heavy (non-hydrogen) atoms. The lowest BCUT2D eigenvalue weighted by Crippen LogP contribution is -2.44. The Labute approximate surface area is 152 Å². The van der Waals surface area contributed by atoms with Crippen LogP contribution in [0.4, 0.5) is 10.7 Å². The second-order valence-electron chi connectivity index (χ2n) is 7.09. The highest BCUT2D eigenvalue weighted by Gasteiger charge is 2.30. The Hall–Kier alpha value is -2.48. The van der Waals surface area contributed by atoms with Gasteiger partial charge in [-0.15, -0.1) is 0 Å². The van der Waals surface area contributed by atoms with Crippen molar-refractivity contribution >= 4 is 24.0 Å². The molecule has 0 aliphatic carbocycles. The first-order valence-electron chi connectivity index (χ1n) is 9.24. The molecule has 0 atom stereocenters. The zero-order valence-electron chi connectivity index (χ0n) is 15.0. The lowest BCUT2D eigenvalue weighted by atomic mass is 10.0. The van der Waals surface area contributed by atoms with Crippen molar-refractivity contribution in [3.63, 3.8) is 0 Å². The number of imide groups is 1. The molecule has 8 heteroatoms. The van der Waals surface area contributed by atoms with E-state index in [1.165, 1.54) is 30.8 Å².